The summed E-state index contributed by atoms with van der Waals surface area (Å²) in [4.78, 5) is 9.19. The van der Waals surface area contributed by atoms with Gasteiger partial charge in [0.25, 0.3) is 0 Å². The molecule has 0 amide bonds. The molecule has 4 aromatic carbocycles. The van der Waals surface area contributed by atoms with Crippen molar-refractivity contribution in [3.63, 3.8) is 0 Å². The van der Waals surface area contributed by atoms with Crippen LogP contribution in [0.4, 0.5) is 0 Å². The fourth-order valence-corrected chi connectivity index (χ4v) is 8.73. The van der Waals surface area contributed by atoms with Crippen molar-refractivity contribution < 1.29 is 21.5 Å². The zero-order valence-electron chi connectivity index (χ0n) is 29.0. The zero-order chi connectivity index (χ0) is 33.3. The summed E-state index contributed by atoms with van der Waals surface area (Å²) in [6, 6.07) is 40.3. The molecule has 7 rings (SSSR count). The molecule has 0 unspecified atom stereocenters. The van der Waals surface area contributed by atoms with Gasteiger partial charge in [-0.25, -0.2) is 0 Å². The van der Waals surface area contributed by atoms with E-state index in [4.69, 9.17) is 1.37 Å². The minimum Gasteiger partial charge on any atom is -0.305 e. The summed E-state index contributed by atoms with van der Waals surface area (Å²) in [5.74, 6) is -0.658. The molecule has 0 saturated heterocycles. The molecule has 239 valence electrons. The van der Waals surface area contributed by atoms with Gasteiger partial charge in [0.05, 0.1) is 8.07 Å². The number of aryl methyl sites for hydroxylation is 2. The van der Waals surface area contributed by atoms with Crippen molar-refractivity contribution in [1.82, 2.24) is 9.97 Å². The van der Waals surface area contributed by atoms with Crippen LogP contribution in [0.1, 0.15) is 37.8 Å². The standard InChI is InChI=1S/C27H22NS.C15H18NSi.Ir/c1-17(2)20-13-14-28-25(15-20)24-6-4-5-23-22-12-11-21(16-26(22)29-27(23)24)19-9-7-18(3)8-10-19;1-12-10-14(13-8-6-5-7-9-13)16-11-15(12)17(2,3)4;/h4-5,7-17H,1-3H3;5-8,10-11H,1-4H3;/q2*-1;/i17D;;. The van der Waals surface area contributed by atoms with E-state index in [1.807, 2.05) is 50.2 Å². The molecule has 0 bridgehead atoms. The fraction of sp³-hybridized carbons (Fsp3) is 0.190. The Morgan fingerprint density at radius 3 is 2.21 bits per heavy atom. The van der Waals surface area contributed by atoms with Crippen LogP contribution in [0.15, 0.2) is 109 Å². The summed E-state index contributed by atoms with van der Waals surface area (Å²) < 4.78 is 10.8. The molecular formula is C42H40IrN2SSi-2. The zero-order valence-corrected chi connectivity index (χ0v) is 32.2. The summed E-state index contributed by atoms with van der Waals surface area (Å²) in [5.41, 5.74) is 10.0. The number of aromatic nitrogens is 2. The number of thiophene rings is 1. The van der Waals surface area contributed by atoms with Crippen LogP contribution in [0.5, 0.6) is 0 Å². The van der Waals surface area contributed by atoms with Crippen molar-refractivity contribution in [3.8, 4) is 33.6 Å². The van der Waals surface area contributed by atoms with Crippen LogP contribution in [0.25, 0.3) is 53.8 Å². The first-order valence-electron chi connectivity index (χ1n) is 16.2. The topological polar surface area (TPSA) is 25.8 Å². The molecule has 5 heteroatoms. The molecule has 7 aromatic rings. The van der Waals surface area contributed by atoms with Gasteiger partial charge in [0.15, 0.2) is 0 Å². The molecule has 47 heavy (non-hydrogen) atoms. The summed E-state index contributed by atoms with van der Waals surface area (Å²) in [7, 11) is -1.27. The fourth-order valence-electron chi connectivity index (χ4n) is 5.78. The molecule has 0 N–H and O–H groups in total. The minimum absolute atomic E-state index is 0. The van der Waals surface area contributed by atoms with Crippen LogP contribution in [0.2, 0.25) is 19.6 Å². The van der Waals surface area contributed by atoms with E-state index in [9.17, 15) is 0 Å². The van der Waals surface area contributed by atoms with Crippen LogP contribution >= 0.6 is 11.3 Å². The van der Waals surface area contributed by atoms with Crippen LogP contribution in [0, 0.1) is 26.0 Å². The SMILES string of the molecule is Cc1cc(-c2[c-]cccc2)ncc1[Si](C)(C)C.[2H]C(C)(C)c1ccnc(-c2[c-]ccc3c2sc2cc(-c4ccc(C)cc4)ccc23)c1.[Ir]. The van der Waals surface area contributed by atoms with Gasteiger partial charge in [-0.05, 0) is 69.7 Å². The number of nitrogens with zero attached hydrogens (tertiary/aromatic N) is 2. The third kappa shape index (κ3) is 7.71. The molecule has 0 saturated carbocycles. The van der Waals surface area contributed by atoms with E-state index in [2.05, 4.69) is 122 Å². The number of fused-ring (bicyclic) bond motifs is 3. The third-order valence-electron chi connectivity index (χ3n) is 8.32. The van der Waals surface area contributed by atoms with Gasteiger partial charge in [0.1, 0.15) is 0 Å². The average molecular weight is 826 g/mol. The summed E-state index contributed by atoms with van der Waals surface area (Å²) in [6.07, 6.45) is 3.86. The Morgan fingerprint density at radius 1 is 0.766 bits per heavy atom. The number of rotatable bonds is 5. The Morgan fingerprint density at radius 2 is 1.53 bits per heavy atom. The van der Waals surface area contributed by atoms with E-state index in [-0.39, 0.29) is 20.1 Å². The number of hydrogen-bond donors (Lipinski definition) is 0. The monoisotopic (exact) mass is 826 g/mol. The Balaban J connectivity index is 0.000000214. The minimum atomic E-state index is -1.27. The second kappa shape index (κ2) is 14.6. The summed E-state index contributed by atoms with van der Waals surface area (Å²) in [5, 5.41) is 3.94. The van der Waals surface area contributed by atoms with Gasteiger partial charge in [0, 0.05) is 38.6 Å². The van der Waals surface area contributed by atoms with Crippen molar-refractivity contribution in [2.45, 2.75) is 53.2 Å². The predicted octanol–water partition coefficient (Wildman–Crippen LogP) is 11.4. The van der Waals surface area contributed by atoms with Gasteiger partial charge in [-0.3, -0.25) is 0 Å². The number of pyridine rings is 2. The van der Waals surface area contributed by atoms with Crippen molar-refractivity contribution >= 4 is 44.8 Å². The van der Waals surface area contributed by atoms with Gasteiger partial charge < -0.3 is 9.97 Å². The van der Waals surface area contributed by atoms with Gasteiger partial charge in [-0.15, -0.1) is 59.7 Å². The van der Waals surface area contributed by atoms with Gasteiger partial charge in [-0.2, -0.15) is 11.3 Å². The number of benzene rings is 4. The van der Waals surface area contributed by atoms with Crippen molar-refractivity contribution in [1.29, 1.82) is 0 Å². The maximum Gasteiger partial charge on any atom is 0.0798 e. The first-order chi connectivity index (χ1) is 22.4. The van der Waals surface area contributed by atoms with E-state index in [0.29, 0.717) is 0 Å². The molecule has 0 atom stereocenters. The van der Waals surface area contributed by atoms with Crippen molar-refractivity contribution in [2.75, 3.05) is 0 Å². The third-order valence-corrected chi connectivity index (χ3v) is 11.6. The van der Waals surface area contributed by atoms with Crippen LogP contribution in [-0.2, 0) is 20.1 Å². The first kappa shape index (κ1) is 33.2. The number of hydrogen-bond acceptors (Lipinski definition) is 3. The van der Waals surface area contributed by atoms with Crippen molar-refractivity contribution in [2.24, 2.45) is 0 Å². The van der Waals surface area contributed by atoms with Gasteiger partial charge in [-0.1, -0.05) is 104 Å². The maximum absolute atomic E-state index is 8.37. The molecule has 0 aliphatic carbocycles. The molecular weight excluding hydrogens is 785 g/mol. The largest absolute Gasteiger partial charge is 0.305 e. The first-order valence-corrected chi connectivity index (χ1v) is 20.1. The van der Waals surface area contributed by atoms with Crippen LogP contribution in [-0.4, -0.2) is 18.0 Å². The molecule has 2 nitrogen and oxygen atoms in total. The summed E-state index contributed by atoms with van der Waals surface area (Å²) in [6.45, 7) is 15.2. The molecule has 1 radical (unpaired) electrons. The quantitative estimate of drug-likeness (QED) is 0.128. The Labute approximate surface area is 299 Å². The van der Waals surface area contributed by atoms with Crippen LogP contribution in [0.3, 0.4) is 0 Å². The molecule has 0 spiro atoms. The van der Waals surface area contributed by atoms with Crippen molar-refractivity contribution in [3.05, 3.63) is 138 Å². The predicted molar refractivity (Wildman–Crippen MR) is 202 cm³/mol. The molecule has 3 heterocycles. The smallest absolute Gasteiger partial charge is 0.0798 e. The molecule has 0 aliphatic rings. The summed E-state index contributed by atoms with van der Waals surface area (Å²) >= 11 is 1.79. The maximum atomic E-state index is 8.37. The van der Waals surface area contributed by atoms with Gasteiger partial charge >= 0.3 is 0 Å². The van der Waals surface area contributed by atoms with E-state index in [1.54, 1.807) is 17.5 Å². The Kier molecular flexibility index (Phi) is 10.3. The Hall–Kier alpha value is -3.73. The second-order valence-electron chi connectivity index (χ2n) is 13.1. The normalized spacial score (nSPS) is 11.9. The molecule has 3 aromatic heterocycles. The van der Waals surface area contributed by atoms with E-state index < -0.39 is 14.0 Å². The van der Waals surface area contributed by atoms with E-state index in [1.165, 1.54) is 47.6 Å². The van der Waals surface area contributed by atoms with Crippen LogP contribution < -0.4 is 5.19 Å². The second-order valence-corrected chi connectivity index (χ2v) is 19.2. The average Bonchev–Trinajstić information content (AvgIpc) is 3.43. The van der Waals surface area contributed by atoms with Gasteiger partial charge in [0.2, 0.25) is 0 Å². The van der Waals surface area contributed by atoms with E-state index >= 15 is 0 Å². The molecule has 0 fully saturated rings. The molecule has 0 aliphatic heterocycles. The van der Waals surface area contributed by atoms with E-state index in [0.717, 1.165) is 28.1 Å². The Bertz CT molecular complexity index is 2180.